The van der Waals surface area contributed by atoms with Gasteiger partial charge in [0.05, 0.1) is 0 Å². The molecule has 2 aromatic carbocycles. The fraction of sp³-hybridized carbons (Fsp3) is 0.294. The quantitative estimate of drug-likeness (QED) is 0.835. The molecule has 0 aliphatic heterocycles. The SMILES string of the molecule is CCNC(Cc1ccccc1Cl)Cc1cccc(F)c1F. The molecule has 0 fully saturated rings. The summed E-state index contributed by atoms with van der Waals surface area (Å²) < 4.78 is 27.1. The van der Waals surface area contributed by atoms with Gasteiger partial charge in [0.25, 0.3) is 0 Å². The summed E-state index contributed by atoms with van der Waals surface area (Å²) in [5, 5.41) is 4.00. The lowest BCUT2D eigenvalue weighted by atomic mass is 9.98. The van der Waals surface area contributed by atoms with E-state index in [1.165, 1.54) is 6.07 Å². The Kier molecular flexibility index (Phi) is 5.71. The molecule has 0 amide bonds. The summed E-state index contributed by atoms with van der Waals surface area (Å²) in [6, 6.07) is 11.9. The molecule has 0 aromatic heterocycles. The van der Waals surface area contributed by atoms with Gasteiger partial charge in [0.1, 0.15) is 0 Å². The summed E-state index contributed by atoms with van der Waals surface area (Å²) in [6.07, 6.45) is 1.09. The number of likely N-dealkylation sites (N-methyl/N-ethyl adjacent to an activating group) is 1. The number of nitrogens with one attached hydrogen (secondary N) is 1. The van der Waals surface area contributed by atoms with Crippen LogP contribution >= 0.6 is 11.6 Å². The van der Waals surface area contributed by atoms with Crippen molar-refractivity contribution in [1.82, 2.24) is 5.32 Å². The molecule has 0 radical (unpaired) electrons. The van der Waals surface area contributed by atoms with Crippen LogP contribution in [0.15, 0.2) is 42.5 Å². The van der Waals surface area contributed by atoms with E-state index in [1.807, 2.05) is 31.2 Å². The van der Waals surface area contributed by atoms with E-state index < -0.39 is 11.6 Å². The van der Waals surface area contributed by atoms with Crippen molar-refractivity contribution in [1.29, 1.82) is 0 Å². The zero-order valence-corrected chi connectivity index (χ0v) is 12.6. The lowest BCUT2D eigenvalue weighted by Gasteiger charge is -2.19. The van der Waals surface area contributed by atoms with Crippen LogP contribution in [0, 0.1) is 11.6 Å². The van der Waals surface area contributed by atoms with Gasteiger partial charge in [-0.25, -0.2) is 8.78 Å². The van der Waals surface area contributed by atoms with E-state index in [-0.39, 0.29) is 6.04 Å². The minimum absolute atomic E-state index is 0.00574. The minimum atomic E-state index is -0.805. The molecule has 1 N–H and O–H groups in total. The maximum Gasteiger partial charge on any atom is 0.162 e. The molecule has 1 nitrogen and oxygen atoms in total. The molecule has 2 rings (SSSR count). The van der Waals surface area contributed by atoms with Crippen LogP contribution in [-0.4, -0.2) is 12.6 Å². The molecule has 0 saturated heterocycles. The van der Waals surface area contributed by atoms with Crippen molar-refractivity contribution in [3.05, 3.63) is 70.2 Å². The zero-order chi connectivity index (χ0) is 15.2. The molecule has 2 aromatic rings. The first-order chi connectivity index (χ1) is 10.1. The zero-order valence-electron chi connectivity index (χ0n) is 11.9. The van der Waals surface area contributed by atoms with E-state index in [9.17, 15) is 8.78 Å². The van der Waals surface area contributed by atoms with E-state index in [1.54, 1.807) is 6.07 Å². The van der Waals surface area contributed by atoms with E-state index in [0.717, 1.165) is 18.2 Å². The summed E-state index contributed by atoms with van der Waals surface area (Å²) >= 11 is 6.17. The molecule has 0 aliphatic carbocycles. The van der Waals surface area contributed by atoms with Gasteiger partial charge in [-0.15, -0.1) is 0 Å². The second-order valence-electron chi connectivity index (χ2n) is 4.97. The normalized spacial score (nSPS) is 12.4. The van der Waals surface area contributed by atoms with Crippen molar-refractivity contribution in [3.63, 3.8) is 0 Å². The van der Waals surface area contributed by atoms with Crippen LogP contribution in [0.4, 0.5) is 8.78 Å². The Labute approximate surface area is 128 Å². The summed E-state index contributed by atoms with van der Waals surface area (Å²) in [5.74, 6) is -1.57. The van der Waals surface area contributed by atoms with Crippen LogP contribution in [0.3, 0.4) is 0 Å². The Hall–Kier alpha value is -1.45. The molecule has 21 heavy (non-hydrogen) atoms. The van der Waals surface area contributed by atoms with Gasteiger partial charge < -0.3 is 5.32 Å². The predicted molar refractivity (Wildman–Crippen MR) is 82.7 cm³/mol. The van der Waals surface area contributed by atoms with Gasteiger partial charge in [0.2, 0.25) is 0 Å². The highest BCUT2D eigenvalue weighted by Gasteiger charge is 2.15. The third-order valence-corrected chi connectivity index (χ3v) is 3.78. The Bertz CT molecular complexity index is 601. The molecule has 1 atom stereocenters. The van der Waals surface area contributed by atoms with Crippen LogP contribution in [0.25, 0.3) is 0 Å². The average molecular weight is 310 g/mol. The molecule has 1 unspecified atom stereocenters. The highest BCUT2D eigenvalue weighted by Crippen LogP contribution is 2.19. The maximum atomic E-state index is 13.8. The highest BCUT2D eigenvalue weighted by molar-refractivity contribution is 6.31. The number of rotatable bonds is 6. The van der Waals surface area contributed by atoms with Crippen molar-refractivity contribution in [3.8, 4) is 0 Å². The van der Waals surface area contributed by atoms with E-state index >= 15 is 0 Å². The van der Waals surface area contributed by atoms with Crippen molar-refractivity contribution in [2.75, 3.05) is 6.54 Å². The predicted octanol–water partition coefficient (Wildman–Crippen LogP) is 4.38. The van der Waals surface area contributed by atoms with Crippen LogP contribution in [-0.2, 0) is 12.8 Å². The topological polar surface area (TPSA) is 12.0 Å². The van der Waals surface area contributed by atoms with Crippen LogP contribution < -0.4 is 5.32 Å². The molecular weight excluding hydrogens is 292 g/mol. The molecule has 0 spiro atoms. The van der Waals surface area contributed by atoms with E-state index in [4.69, 9.17) is 11.6 Å². The molecule has 0 bridgehead atoms. The molecule has 0 heterocycles. The lowest BCUT2D eigenvalue weighted by Crippen LogP contribution is -2.33. The van der Waals surface area contributed by atoms with Crippen molar-refractivity contribution >= 4 is 11.6 Å². The fourth-order valence-electron chi connectivity index (χ4n) is 2.41. The smallest absolute Gasteiger partial charge is 0.162 e. The molecule has 4 heteroatoms. The van der Waals surface area contributed by atoms with Crippen molar-refractivity contribution in [2.24, 2.45) is 0 Å². The van der Waals surface area contributed by atoms with Crippen LogP contribution in [0.2, 0.25) is 5.02 Å². The van der Waals surface area contributed by atoms with Gasteiger partial charge in [-0.3, -0.25) is 0 Å². The third-order valence-electron chi connectivity index (χ3n) is 3.41. The Balaban J connectivity index is 2.16. The number of benzene rings is 2. The van der Waals surface area contributed by atoms with Gasteiger partial charge in [0.15, 0.2) is 11.6 Å². The first-order valence-corrected chi connectivity index (χ1v) is 7.39. The van der Waals surface area contributed by atoms with Gasteiger partial charge in [-0.1, -0.05) is 48.9 Å². The van der Waals surface area contributed by atoms with Crippen molar-refractivity contribution < 1.29 is 8.78 Å². The maximum absolute atomic E-state index is 13.8. The summed E-state index contributed by atoms with van der Waals surface area (Å²) in [4.78, 5) is 0. The largest absolute Gasteiger partial charge is 0.314 e. The van der Waals surface area contributed by atoms with Gasteiger partial charge in [0, 0.05) is 11.1 Å². The average Bonchev–Trinajstić information content (AvgIpc) is 2.46. The van der Waals surface area contributed by atoms with Crippen LogP contribution in [0.5, 0.6) is 0 Å². The molecule has 0 aliphatic rings. The Morgan fingerprint density at radius 1 is 1.00 bits per heavy atom. The van der Waals surface area contributed by atoms with Crippen LogP contribution in [0.1, 0.15) is 18.1 Å². The van der Waals surface area contributed by atoms with Crippen molar-refractivity contribution in [2.45, 2.75) is 25.8 Å². The Morgan fingerprint density at radius 3 is 2.38 bits per heavy atom. The summed E-state index contributed by atoms with van der Waals surface area (Å²) in [5.41, 5.74) is 1.38. The lowest BCUT2D eigenvalue weighted by molar-refractivity contribution is 0.474. The molecular formula is C17H18ClF2N. The number of hydrogen-bond acceptors (Lipinski definition) is 1. The highest BCUT2D eigenvalue weighted by atomic mass is 35.5. The standard InChI is InChI=1S/C17H18ClF2N/c1-2-21-14(10-12-6-3-4-8-15(12)18)11-13-7-5-9-16(19)17(13)20/h3-9,14,21H,2,10-11H2,1H3. The Morgan fingerprint density at radius 2 is 1.67 bits per heavy atom. The summed E-state index contributed by atoms with van der Waals surface area (Å²) in [6.45, 7) is 2.74. The third kappa shape index (κ3) is 4.26. The van der Waals surface area contributed by atoms with Gasteiger partial charge in [-0.05, 0) is 42.6 Å². The second-order valence-corrected chi connectivity index (χ2v) is 5.37. The monoisotopic (exact) mass is 309 g/mol. The fourth-order valence-corrected chi connectivity index (χ4v) is 2.62. The molecule has 0 saturated carbocycles. The number of halogens is 3. The van der Waals surface area contributed by atoms with E-state index in [0.29, 0.717) is 23.4 Å². The second kappa shape index (κ2) is 7.53. The van der Waals surface area contributed by atoms with Gasteiger partial charge >= 0.3 is 0 Å². The minimum Gasteiger partial charge on any atom is -0.314 e. The molecule has 112 valence electrons. The van der Waals surface area contributed by atoms with Gasteiger partial charge in [-0.2, -0.15) is 0 Å². The summed E-state index contributed by atoms with van der Waals surface area (Å²) in [7, 11) is 0. The first-order valence-electron chi connectivity index (χ1n) is 7.01. The van der Waals surface area contributed by atoms with E-state index in [2.05, 4.69) is 5.32 Å². The number of hydrogen-bond donors (Lipinski definition) is 1. The first kappa shape index (κ1) is 15.9.